The van der Waals surface area contributed by atoms with Gasteiger partial charge in [0.15, 0.2) is 0 Å². The molecule has 0 bridgehead atoms. The summed E-state index contributed by atoms with van der Waals surface area (Å²) in [5.41, 5.74) is 0. The Bertz CT molecular complexity index is 205. The topological polar surface area (TPSA) is 95.2 Å². The Kier molecular flexibility index (Phi) is 2.52. The molecule has 0 aromatic rings. The van der Waals surface area contributed by atoms with Gasteiger partial charge in [-0.15, -0.1) is 0 Å². The third-order valence-electron chi connectivity index (χ3n) is 0.671. The van der Waals surface area contributed by atoms with Gasteiger partial charge < -0.3 is 0 Å². The Balaban J connectivity index is 4.84. The molecule has 0 unspecified atom stereocenters. The van der Waals surface area contributed by atoms with Crippen molar-refractivity contribution in [2.24, 2.45) is 0 Å². The second-order valence-corrected chi connectivity index (χ2v) is 8.03. The first-order valence-electron chi connectivity index (χ1n) is 1.89. The summed E-state index contributed by atoms with van der Waals surface area (Å²) in [6, 6.07) is 0. The molecule has 0 atom stereocenters. The van der Waals surface area contributed by atoms with Crippen molar-refractivity contribution < 1.29 is 0 Å². The number of hydrogen-bond acceptors (Lipinski definition) is 4. The average molecular weight is 223 g/mol. The fourth-order valence-corrected chi connectivity index (χ4v) is 1.01. The van der Waals surface area contributed by atoms with Crippen LogP contribution in [0.2, 0.25) is 0 Å². The quantitative estimate of drug-likeness (QED) is 0.525. The number of rotatable bonds is 0. The van der Waals surface area contributed by atoms with E-state index in [1.165, 1.54) is 16.3 Å². The van der Waals surface area contributed by atoms with E-state index < -0.39 is 18.4 Å². The molecule has 0 aromatic carbocycles. The van der Waals surface area contributed by atoms with E-state index in [1.807, 2.05) is 0 Å². The van der Waals surface area contributed by atoms with E-state index in [4.69, 9.17) is 21.0 Å². The molecule has 4 nitrogen and oxygen atoms in total. The van der Waals surface area contributed by atoms with Gasteiger partial charge in [0.2, 0.25) is 0 Å². The molecule has 0 saturated carbocycles. The van der Waals surface area contributed by atoms with Crippen LogP contribution >= 0.6 is 0 Å². The van der Waals surface area contributed by atoms with E-state index in [2.05, 4.69) is 0 Å². The van der Waals surface area contributed by atoms with Gasteiger partial charge in [0, 0.05) is 0 Å². The van der Waals surface area contributed by atoms with Crippen LogP contribution in [-0.2, 0) is 0 Å². The molecular formula is C4N4Sn. The van der Waals surface area contributed by atoms with Gasteiger partial charge >= 0.3 is 55.8 Å². The van der Waals surface area contributed by atoms with Crippen LogP contribution in [0.25, 0.3) is 0 Å². The van der Waals surface area contributed by atoms with Gasteiger partial charge in [-0.25, -0.2) is 0 Å². The van der Waals surface area contributed by atoms with Crippen molar-refractivity contribution >= 4 is 18.4 Å². The third kappa shape index (κ3) is 1.32. The monoisotopic (exact) mass is 224 g/mol. The van der Waals surface area contributed by atoms with Crippen LogP contribution < -0.4 is 0 Å². The first-order chi connectivity index (χ1) is 4.24. The zero-order valence-electron chi connectivity index (χ0n) is 4.29. The summed E-state index contributed by atoms with van der Waals surface area (Å²) in [6.07, 6.45) is 0. The van der Waals surface area contributed by atoms with Gasteiger partial charge in [-0.3, -0.25) is 0 Å². The van der Waals surface area contributed by atoms with E-state index in [9.17, 15) is 0 Å². The van der Waals surface area contributed by atoms with Crippen molar-refractivity contribution in [3.63, 3.8) is 0 Å². The van der Waals surface area contributed by atoms with Crippen molar-refractivity contribution in [1.82, 2.24) is 0 Å². The van der Waals surface area contributed by atoms with E-state index >= 15 is 0 Å². The van der Waals surface area contributed by atoms with Gasteiger partial charge in [-0.2, -0.15) is 0 Å². The summed E-state index contributed by atoms with van der Waals surface area (Å²) < 4.78 is 5.96. The normalized spacial score (nSPS) is 7.56. The van der Waals surface area contributed by atoms with E-state index in [0.29, 0.717) is 0 Å². The Hall–Kier alpha value is -1.24. The van der Waals surface area contributed by atoms with Gasteiger partial charge in [0.1, 0.15) is 0 Å². The van der Waals surface area contributed by atoms with E-state index in [-0.39, 0.29) is 0 Å². The molecule has 0 aliphatic heterocycles. The molecule has 0 aliphatic rings. The zero-order valence-corrected chi connectivity index (χ0v) is 7.14. The van der Waals surface area contributed by atoms with Crippen molar-refractivity contribution in [3.05, 3.63) is 0 Å². The predicted octanol–water partition coefficient (Wildman–Crippen LogP) is -0.314. The second-order valence-electron chi connectivity index (χ2n) is 1.20. The Morgan fingerprint density at radius 2 is 0.889 bits per heavy atom. The molecular weight excluding hydrogens is 223 g/mol. The maximum absolute atomic E-state index is 8.15. The van der Waals surface area contributed by atoms with Gasteiger partial charge in [0.05, 0.1) is 0 Å². The molecule has 0 fully saturated rings. The minimum atomic E-state index is -4.16. The molecule has 0 saturated heterocycles. The average Bonchev–Trinajstić information content (AvgIpc) is 1.95. The fraction of sp³-hybridized carbons (Fsp3) is 0. The van der Waals surface area contributed by atoms with Gasteiger partial charge in [0.25, 0.3) is 0 Å². The van der Waals surface area contributed by atoms with Gasteiger partial charge in [-0.05, 0) is 0 Å². The number of hydrogen-bond donors (Lipinski definition) is 0. The Morgan fingerprint density at radius 1 is 0.667 bits per heavy atom. The predicted molar refractivity (Wildman–Crippen MR) is 28.2 cm³/mol. The summed E-state index contributed by atoms with van der Waals surface area (Å²) in [6.45, 7) is 0. The molecule has 0 aliphatic carbocycles. The maximum atomic E-state index is 8.15. The Morgan fingerprint density at radius 3 is 0.889 bits per heavy atom. The molecule has 40 valence electrons. The van der Waals surface area contributed by atoms with Crippen LogP contribution in [0, 0.1) is 37.4 Å². The molecule has 0 aromatic heterocycles. The van der Waals surface area contributed by atoms with Crippen molar-refractivity contribution in [3.8, 4) is 16.3 Å². The first kappa shape index (κ1) is 7.76. The third-order valence-corrected chi connectivity index (χ3v) is 4.50. The molecule has 0 heterocycles. The summed E-state index contributed by atoms with van der Waals surface area (Å²) in [7, 11) is 0. The van der Waals surface area contributed by atoms with Crippen molar-refractivity contribution in [2.75, 3.05) is 0 Å². The summed E-state index contributed by atoms with van der Waals surface area (Å²) in [5.74, 6) is 0. The SMILES string of the molecule is N#[C][Sn]([C]#N)([C]#N)[C]#N. The van der Waals surface area contributed by atoms with Crippen molar-refractivity contribution in [2.45, 2.75) is 0 Å². The molecule has 0 amide bonds. The zero-order chi connectivity index (χ0) is 7.33. The van der Waals surface area contributed by atoms with E-state index in [1.54, 1.807) is 0 Å². The van der Waals surface area contributed by atoms with Crippen LogP contribution in [0.15, 0.2) is 0 Å². The minimum absolute atomic E-state index is 1.49. The molecule has 9 heavy (non-hydrogen) atoms. The van der Waals surface area contributed by atoms with Gasteiger partial charge in [-0.1, -0.05) is 0 Å². The van der Waals surface area contributed by atoms with E-state index in [0.717, 1.165) is 0 Å². The van der Waals surface area contributed by atoms with Crippen LogP contribution in [0.4, 0.5) is 0 Å². The first-order valence-corrected chi connectivity index (χ1v) is 7.60. The van der Waals surface area contributed by atoms with Crippen LogP contribution in [0.3, 0.4) is 0 Å². The molecule has 0 N–H and O–H groups in total. The second kappa shape index (κ2) is 2.92. The standard InChI is InChI=1S/4CN.Sn/c4*1-2;. The Labute approximate surface area is 56.0 Å². The molecule has 0 spiro atoms. The van der Waals surface area contributed by atoms with Crippen LogP contribution in [-0.4, -0.2) is 18.4 Å². The van der Waals surface area contributed by atoms with Crippen LogP contribution in [0.5, 0.6) is 0 Å². The fourth-order valence-electron chi connectivity index (χ4n) is 0.150. The summed E-state index contributed by atoms with van der Waals surface area (Å²) in [4.78, 5) is 0. The van der Waals surface area contributed by atoms with Crippen LogP contribution in [0.1, 0.15) is 0 Å². The van der Waals surface area contributed by atoms with Crippen molar-refractivity contribution in [1.29, 1.82) is 21.0 Å². The molecule has 0 radical (unpaired) electrons. The molecule has 0 rings (SSSR count). The number of nitrogens with zero attached hydrogens (tertiary/aromatic N) is 4. The summed E-state index contributed by atoms with van der Waals surface area (Å²) >= 11 is -4.16. The summed E-state index contributed by atoms with van der Waals surface area (Å²) in [5, 5.41) is 32.6. The number of nitriles is 4. The molecule has 5 heteroatoms.